The molecule has 2 aromatic heterocycles. The number of aliphatic hydroxyl groups excluding tert-OH is 3. The third-order valence-corrected chi connectivity index (χ3v) is 4.73. The lowest BCUT2D eigenvalue weighted by molar-refractivity contribution is -0.0511. The van der Waals surface area contributed by atoms with Gasteiger partial charge in [-0.15, -0.1) is 0 Å². The number of nitrogens with one attached hydrogen (secondary N) is 1. The highest BCUT2D eigenvalue weighted by molar-refractivity contribution is 6.30. The molecule has 4 rings (SSSR count). The van der Waals surface area contributed by atoms with E-state index in [1.54, 1.807) is 6.07 Å². The Hall–Kier alpha value is -2.30. The van der Waals surface area contributed by atoms with E-state index in [2.05, 4.69) is 20.3 Å². The molecule has 3 heterocycles. The number of hydrogen-bond donors (Lipinski definition) is 4. The first-order valence-corrected chi connectivity index (χ1v) is 8.74. The van der Waals surface area contributed by atoms with Crippen molar-refractivity contribution in [3.8, 4) is 0 Å². The molecule has 0 bridgehead atoms. The van der Waals surface area contributed by atoms with Crippen molar-refractivity contribution < 1.29 is 20.1 Å². The van der Waals surface area contributed by atoms with Crippen molar-refractivity contribution in [2.24, 2.45) is 0 Å². The zero-order chi connectivity index (χ0) is 19.0. The van der Waals surface area contributed by atoms with Crippen LogP contribution in [0.3, 0.4) is 0 Å². The van der Waals surface area contributed by atoms with Crippen LogP contribution in [0.2, 0.25) is 5.02 Å². The minimum Gasteiger partial charge on any atom is -0.394 e. The number of benzene rings is 1. The number of hydrogen-bond acceptors (Lipinski definition) is 8. The van der Waals surface area contributed by atoms with E-state index in [1.165, 1.54) is 17.2 Å². The van der Waals surface area contributed by atoms with Crippen LogP contribution in [0, 0.1) is 0 Å². The monoisotopic (exact) mass is 391 g/mol. The number of imidazole rings is 1. The van der Waals surface area contributed by atoms with Crippen LogP contribution in [0.15, 0.2) is 36.9 Å². The molecule has 3 aromatic rings. The predicted octanol–water partition coefficient (Wildman–Crippen LogP) is 0.703. The zero-order valence-corrected chi connectivity index (χ0v) is 14.9. The maximum atomic E-state index is 10.2. The summed E-state index contributed by atoms with van der Waals surface area (Å²) in [6, 6.07) is 7.46. The van der Waals surface area contributed by atoms with Gasteiger partial charge >= 0.3 is 0 Å². The standard InChI is InChI=1S/C17H18ClN5O4/c18-10-3-1-2-9(4-10)5-19-15-12-16(21-7-20-15)23(8-22-12)17-14(26)13(25)11(6-24)27-17/h1-4,7-8,11,13-14,17,24-26H,5-6H2,(H,19,20,21)/t11-,13-,14-,17?/m1/s1. The summed E-state index contributed by atoms with van der Waals surface area (Å²) in [5, 5.41) is 33.3. The lowest BCUT2D eigenvalue weighted by atomic mass is 10.1. The minimum absolute atomic E-state index is 0.400. The lowest BCUT2D eigenvalue weighted by Crippen LogP contribution is -2.33. The number of halogens is 1. The van der Waals surface area contributed by atoms with Crippen molar-refractivity contribution >= 4 is 28.6 Å². The number of rotatable bonds is 5. The highest BCUT2D eigenvalue weighted by Crippen LogP contribution is 2.32. The van der Waals surface area contributed by atoms with Crippen molar-refractivity contribution in [1.82, 2.24) is 19.5 Å². The average molecular weight is 392 g/mol. The number of fused-ring (bicyclic) bond motifs is 1. The maximum Gasteiger partial charge on any atom is 0.167 e. The molecule has 1 unspecified atom stereocenters. The molecule has 4 atom stereocenters. The molecule has 1 aliphatic heterocycles. The van der Waals surface area contributed by atoms with Crippen LogP contribution in [0.5, 0.6) is 0 Å². The molecule has 27 heavy (non-hydrogen) atoms. The molecule has 1 aromatic carbocycles. The highest BCUT2D eigenvalue weighted by atomic mass is 35.5. The molecule has 0 aliphatic carbocycles. The molecule has 142 valence electrons. The van der Waals surface area contributed by atoms with Gasteiger partial charge < -0.3 is 25.4 Å². The Morgan fingerprint density at radius 1 is 1.19 bits per heavy atom. The highest BCUT2D eigenvalue weighted by Gasteiger charge is 2.44. The van der Waals surface area contributed by atoms with E-state index in [4.69, 9.17) is 16.3 Å². The molecule has 0 saturated carbocycles. The summed E-state index contributed by atoms with van der Waals surface area (Å²) in [7, 11) is 0. The van der Waals surface area contributed by atoms with E-state index < -0.39 is 31.1 Å². The van der Waals surface area contributed by atoms with E-state index >= 15 is 0 Å². The van der Waals surface area contributed by atoms with Crippen LogP contribution >= 0.6 is 11.6 Å². The summed E-state index contributed by atoms with van der Waals surface area (Å²) in [6.45, 7) is 0.0934. The Morgan fingerprint density at radius 2 is 2.04 bits per heavy atom. The van der Waals surface area contributed by atoms with Crippen molar-refractivity contribution in [3.05, 3.63) is 47.5 Å². The van der Waals surface area contributed by atoms with Crippen molar-refractivity contribution in [2.45, 2.75) is 31.1 Å². The summed E-state index contributed by atoms with van der Waals surface area (Å²) in [5.41, 5.74) is 1.92. The second-order valence-corrected chi connectivity index (χ2v) is 6.70. The van der Waals surface area contributed by atoms with Gasteiger partial charge in [-0.1, -0.05) is 23.7 Å². The largest absolute Gasteiger partial charge is 0.394 e. The normalized spacial score (nSPS) is 25.2. The Kier molecular flexibility index (Phi) is 4.94. The van der Waals surface area contributed by atoms with Crippen molar-refractivity contribution in [2.75, 3.05) is 11.9 Å². The van der Waals surface area contributed by atoms with Crippen LogP contribution in [0.4, 0.5) is 5.82 Å². The van der Waals surface area contributed by atoms with E-state index in [0.29, 0.717) is 28.5 Å². The zero-order valence-electron chi connectivity index (χ0n) is 14.1. The van der Waals surface area contributed by atoms with Crippen LogP contribution in [-0.4, -0.2) is 59.8 Å². The predicted molar refractivity (Wildman–Crippen MR) is 97.1 cm³/mol. The van der Waals surface area contributed by atoms with Gasteiger partial charge in [-0.25, -0.2) is 15.0 Å². The van der Waals surface area contributed by atoms with Crippen LogP contribution in [-0.2, 0) is 11.3 Å². The van der Waals surface area contributed by atoms with Gasteiger partial charge in [0.2, 0.25) is 0 Å². The summed E-state index contributed by atoms with van der Waals surface area (Å²) >= 11 is 6.00. The van der Waals surface area contributed by atoms with Gasteiger partial charge in [0.15, 0.2) is 23.2 Å². The molecule has 4 N–H and O–H groups in total. The van der Waals surface area contributed by atoms with Gasteiger partial charge in [-0.3, -0.25) is 4.57 Å². The fourth-order valence-corrected chi connectivity index (χ4v) is 3.32. The summed E-state index contributed by atoms with van der Waals surface area (Å²) in [4.78, 5) is 12.8. The first-order valence-electron chi connectivity index (χ1n) is 8.37. The Labute approximate surface area is 159 Å². The van der Waals surface area contributed by atoms with E-state index in [9.17, 15) is 15.3 Å². The van der Waals surface area contributed by atoms with Crippen LogP contribution in [0.25, 0.3) is 11.2 Å². The quantitative estimate of drug-likeness (QED) is 0.501. The second kappa shape index (κ2) is 7.37. The molecule has 0 spiro atoms. The van der Waals surface area contributed by atoms with E-state index in [1.807, 2.05) is 18.2 Å². The molecule has 1 aliphatic rings. The van der Waals surface area contributed by atoms with E-state index in [0.717, 1.165) is 5.56 Å². The fraction of sp³-hybridized carbons (Fsp3) is 0.353. The first-order chi connectivity index (χ1) is 13.1. The van der Waals surface area contributed by atoms with Gasteiger partial charge in [-0.2, -0.15) is 0 Å². The molecule has 10 heteroatoms. The van der Waals surface area contributed by atoms with Crippen LogP contribution < -0.4 is 5.32 Å². The van der Waals surface area contributed by atoms with Gasteiger partial charge in [0.25, 0.3) is 0 Å². The number of nitrogens with zero attached hydrogens (tertiary/aromatic N) is 4. The SMILES string of the molecule is OC[C@H]1OC(n2cnc3c(NCc4cccc(Cl)c4)ncnc32)[C@H](O)[C@@H]1O. The second-order valence-electron chi connectivity index (χ2n) is 6.26. The molecule has 9 nitrogen and oxygen atoms in total. The number of aliphatic hydroxyl groups is 3. The number of anilines is 1. The lowest BCUT2D eigenvalue weighted by Gasteiger charge is -2.16. The molecule has 0 amide bonds. The van der Waals surface area contributed by atoms with Gasteiger partial charge in [0, 0.05) is 11.6 Å². The summed E-state index contributed by atoms with van der Waals surface area (Å²) in [6.07, 6.45) is -1.34. The Bertz CT molecular complexity index is 952. The summed E-state index contributed by atoms with van der Waals surface area (Å²) in [5.74, 6) is 0.519. The molecule has 1 fully saturated rings. The third-order valence-electron chi connectivity index (χ3n) is 4.50. The topological polar surface area (TPSA) is 126 Å². The molecular weight excluding hydrogens is 374 g/mol. The molecule has 0 radical (unpaired) electrons. The van der Waals surface area contributed by atoms with Gasteiger partial charge in [0.05, 0.1) is 12.9 Å². The fourth-order valence-electron chi connectivity index (χ4n) is 3.11. The number of aromatic nitrogens is 4. The van der Waals surface area contributed by atoms with Gasteiger partial charge in [-0.05, 0) is 17.7 Å². The summed E-state index contributed by atoms with van der Waals surface area (Å²) < 4.78 is 7.07. The van der Waals surface area contributed by atoms with Crippen LogP contribution in [0.1, 0.15) is 11.8 Å². The average Bonchev–Trinajstić information content (AvgIpc) is 3.22. The smallest absolute Gasteiger partial charge is 0.167 e. The molecule has 1 saturated heterocycles. The third kappa shape index (κ3) is 3.35. The number of ether oxygens (including phenoxy) is 1. The van der Waals surface area contributed by atoms with E-state index in [-0.39, 0.29) is 0 Å². The minimum atomic E-state index is -1.21. The molecular formula is C17H18ClN5O4. The maximum absolute atomic E-state index is 10.2. The van der Waals surface area contributed by atoms with Crippen molar-refractivity contribution in [1.29, 1.82) is 0 Å². The van der Waals surface area contributed by atoms with Gasteiger partial charge in [0.1, 0.15) is 24.6 Å². The Balaban J connectivity index is 1.60. The first kappa shape index (κ1) is 18.1. The van der Waals surface area contributed by atoms with Crippen molar-refractivity contribution in [3.63, 3.8) is 0 Å². The Morgan fingerprint density at radius 3 is 2.78 bits per heavy atom.